The molecule has 0 atom stereocenters. The van der Waals surface area contributed by atoms with Crippen molar-refractivity contribution in [1.29, 1.82) is 0 Å². The second-order valence-corrected chi connectivity index (χ2v) is 2.79. The molecular formula is C10H9N3. The topological polar surface area (TPSA) is 38.7 Å². The van der Waals surface area contributed by atoms with Crippen molar-refractivity contribution < 1.29 is 0 Å². The zero-order valence-corrected chi connectivity index (χ0v) is 7.31. The van der Waals surface area contributed by atoms with Crippen LogP contribution in [0.2, 0.25) is 0 Å². The van der Waals surface area contributed by atoms with Crippen molar-refractivity contribution in [3.05, 3.63) is 42.6 Å². The number of aryl methyl sites for hydroxylation is 1. The van der Waals surface area contributed by atoms with E-state index in [2.05, 4.69) is 15.0 Å². The molecule has 0 aliphatic heterocycles. The number of aromatic nitrogens is 3. The Morgan fingerprint density at radius 2 is 2.15 bits per heavy atom. The van der Waals surface area contributed by atoms with E-state index in [1.54, 1.807) is 18.7 Å². The van der Waals surface area contributed by atoms with Gasteiger partial charge in [-0.15, -0.1) is 0 Å². The van der Waals surface area contributed by atoms with E-state index in [9.17, 15) is 0 Å². The van der Waals surface area contributed by atoms with Crippen LogP contribution in [0.15, 0.2) is 36.9 Å². The molecule has 0 radical (unpaired) electrons. The first-order valence-corrected chi connectivity index (χ1v) is 4.05. The Bertz CT molecular complexity index is 398. The zero-order chi connectivity index (χ0) is 9.10. The van der Waals surface area contributed by atoms with Gasteiger partial charge in [-0.2, -0.15) is 0 Å². The number of hydrogen-bond donors (Lipinski definition) is 0. The monoisotopic (exact) mass is 171 g/mol. The van der Waals surface area contributed by atoms with E-state index in [4.69, 9.17) is 0 Å². The summed E-state index contributed by atoms with van der Waals surface area (Å²) in [6, 6.07) is 5.82. The van der Waals surface area contributed by atoms with Crippen LogP contribution in [0.3, 0.4) is 0 Å². The average molecular weight is 171 g/mol. The first-order valence-electron chi connectivity index (χ1n) is 4.05. The normalized spacial score (nSPS) is 9.92. The van der Waals surface area contributed by atoms with Crippen LogP contribution in [0, 0.1) is 6.92 Å². The van der Waals surface area contributed by atoms with E-state index >= 15 is 0 Å². The summed E-state index contributed by atoms with van der Waals surface area (Å²) in [5.74, 6) is 0. The van der Waals surface area contributed by atoms with Crippen molar-refractivity contribution >= 4 is 0 Å². The Hall–Kier alpha value is -1.77. The standard InChI is InChI=1S/C10H9N3/c1-8-5-10(13-7-12-8)9-3-2-4-11-6-9/h2-7H,1H3. The maximum Gasteiger partial charge on any atom is 0.116 e. The molecule has 2 aromatic rings. The lowest BCUT2D eigenvalue weighted by atomic mass is 10.2. The molecule has 0 saturated carbocycles. The van der Waals surface area contributed by atoms with Crippen molar-refractivity contribution in [1.82, 2.24) is 15.0 Å². The lowest BCUT2D eigenvalue weighted by Crippen LogP contribution is -1.87. The Morgan fingerprint density at radius 3 is 2.85 bits per heavy atom. The molecule has 0 bridgehead atoms. The van der Waals surface area contributed by atoms with Crippen molar-refractivity contribution in [2.45, 2.75) is 6.92 Å². The van der Waals surface area contributed by atoms with Crippen LogP contribution in [-0.4, -0.2) is 15.0 Å². The molecule has 0 aromatic carbocycles. The second kappa shape index (κ2) is 3.31. The molecule has 0 aliphatic rings. The van der Waals surface area contributed by atoms with Gasteiger partial charge in [-0.3, -0.25) is 4.98 Å². The van der Waals surface area contributed by atoms with Crippen LogP contribution in [0.4, 0.5) is 0 Å². The predicted octanol–water partition coefficient (Wildman–Crippen LogP) is 1.85. The molecule has 0 N–H and O–H groups in total. The fourth-order valence-corrected chi connectivity index (χ4v) is 1.13. The number of hydrogen-bond acceptors (Lipinski definition) is 3. The third-order valence-corrected chi connectivity index (χ3v) is 1.76. The van der Waals surface area contributed by atoms with Gasteiger partial charge in [-0.25, -0.2) is 9.97 Å². The summed E-state index contributed by atoms with van der Waals surface area (Å²) in [6.45, 7) is 1.95. The van der Waals surface area contributed by atoms with Crippen LogP contribution in [0.1, 0.15) is 5.69 Å². The molecule has 0 spiro atoms. The minimum absolute atomic E-state index is 0.917. The van der Waals surface area contributed by atoms with Crippen LogP contribution in [0.5, 0.6) is 0 Å². The van der Waals surface area contributed by atoms with Crippen molar-refractivity contribution in [2.24, 2.45) is 0 Å². The third-order valence-electron chi connectivity index (χ3n) is 1.76. The lowest BCUT2D eigenvalue weighted by Gasteiger charge is -1.99. The Kier molecular flexibility index (Phi) is 2.00. The SMILES string of the molecule is Cc1cc(-c2cccnc2)ncn1. The van der Waals surface area contributed by atoms with Gasteiger partial charge >= 0.3 is 0 Å². The first kappa shape index (κ1) is 7.86. The molecule has 2 heterocycles. The lowest BCUT2D eigenvalue weighted by molar-refractivity contribution is 1.10. The van der Waals surface area contributed by atoms with Gasteiger partial charge in [0.05, 0.1) is 5.69 Å². The molecule has 0 aliphatic carbocycles. The van der Waals surface area contributed by atoms with E-state index < -0.39 is 0 Å². The maximum absolute atomic E-state index is 4.16. The summed E-state index contributed by atoms with van der Waals surface area (Å²) < 4.78 is 0. The van der Waals surface area contributed by atoms with Gasteiger partial charge in [0.1, 0.15) is 6.33 Å². The Morgan fingerprint density at radius 1 is 1.23 bits per heavy atom. The summed E-state index contributed by atoms with van der Waals surface area (Å²) in [7, 11) is 0. The summed E-state index contributed by atoms with van der Waals surface area (Å²) in [5.41, 5.74) is 2.91. The molecule has 0 fully saturated rings. The van der Waals surface area contributed by atoms with E-state index in [1.165, 1.54) is 0 Å². The van der Waals surface area contributed by atoms with Crippen molar-refractivity contribution in [3.63, 3.8) is 0 Å². The molecule has 0 unspecified atom stereocenters. The molecule has 13 heavy (non-hydrogen) atoms. The summed E-state index contributed by atoms with van der Waals surface area (Å²) in [4.78, 5) is 12.2. The van der Waals surface area contributed by atoms with E-state index in [1.807, 2.05) is 25.1 Å². The molecule has 3 nitrogen and oxygen atoms in total. The average Bonchev–Trinajstić information content (AvgIpc) is 2.19. The minimum Gasteiger partial charge on any atom is -0.264 e. The highest BCUT2D eigenvalue weighted by molar-refractivity contribution is 5.57. The maximum atomic E-state index is 4.16. The van der Waals surface area contributed by atoms with Crippen molar-refractivity contribution in [2.75, 3.05) is 0 Å². The fraction of sp³-hybridized carbons (Fsp3) is 0.100. The minimum atomic E-state index is 0.917. The predicted molar refractivity (Wildman–Crippen MR) is 50.0 cm³/mol. The van der Waals surface area contributed by atoms with Crippen LogP contribution >= 0.6 is 0 Å². The van der Waals surface area contributed by atoms with Gasteiger partial charge in [0.2, 0.25) is 0 Å². The molecule has 2 rings (SSSR count). The van der Waals surface area contributed by atoms with Gasteiger partial charge in [-0.05, 0) is 25.1 Å². The smallest absolute Gasteiger partial charge is 0.116 e. The molecule has 0 amide bonds. The number of rotatable bonds is 1. The molecule has 64 valence electrons. The highest BCUT2D eigenvalue weighted by atomic mass is 14.8. The third kappa shape index (κ3) is 1.69. The number of nitrogens with zero attached hydrogens (tertiary/aromatic N) is 3. The van der Waals surface area contributed by atoms with Gasteiger partial charge < -0.3 is 0 Å². The quantitative estimate of drug-likeness (QED) is 0.657. The summed E-state index contributed by atoms with van der Waals surface area (Å²) in [5, 5.41) is 0. The van der Waals surface area contributed by atoms with Gasteiger partial charge in [0.25, 0.3) is 0 Å². The summed E-state index contributed by atoms with van der Waals surface area (Å²) >= 11 is 0. The number of pyridine rings is 1. The van der Waals surface area contributed by atoms with Gasteiger partial charge in [0.15, 0.2) is 0 Å². The highest BCUT2D eigenvalue weighted by Gasteiger charge is 1.97. The van der Waals surface area contributed by atoms with E-state index in [0.29, 0.717) is 0 Å². The largest absolute Gasteiger partial charge is 0.264 e. The second-order valence-electron chi connectivity index (χ2n) is 2.79. The fourth-order valence-electron chi connectivity index (χ4n) is 1.13. The van der Waals surface area contributed by atoms with Crippen LogP contribution < -0.4 is 0 Å². The molecule has 3 heteroatoms. The van der Waals surface area contributed by atoms with Crippen LogP contribution in [0.25, 0.3) is 11.3 Å². The molecule has 2 aromatic heterocycles. The van der Waals surface area contributed by atoms with Crippen LogP contribution in [-0.2, 0) is 0 Å². The Labute approximate surface area is 76.5 Å². The Balaban J connectivity index is 2.48. The van der Waals surface area contributed by atoms with Gasteiger partial charge in [-0.1, -0.05) is 0 Å². The van der Waals surface area contributed by atoms with Gasteiger partial charge in [0, 0.05) is 23.7 Å². The molecule has 0 saturated heterocycles. The van der Waals surface area contributed by atoms with E-state index in [0.717, 1.165) is 17.0 Å². The summed E-state index contributed by atoms with van der Waals surface area (Å²) in [6.07, 6.45) is 5.11. The van der Waals surface area contributed by atoms with Crippen molar-refractivity contribution in [3.8, 4) is 11.3 Å². The van der Waals surface area contributed by atoms with E-state index in [-0.39, 0.29) is 0 Å². The zero-order valence-electron chi connectivity index (χ0n) is 7.31. The highest BCUT2D eigenvalue weighted by Crippen LogP contribution is 2.14. The molecular weight excluding hydrogens is 162 g/mol. The first-order chi connectivity index (χ1) is 6.36.